The molecule has 0 saturated carbocycles. The van der Waals surface area contributed by atoms with Crippen LogP contribution in [0.5, 0.6) is 5.75 Å². The number of benzene rings is 1. The number of hydrogen-bond acceptors (Lipinski definition) is 4. The zero-order chi connectivity index (χ0) is 13.4. The van der Waals surface area contributed by atoms with Crippen LogP contribution in [0.4, 0.5) is 0 Å². The first-order chi connectivity index (χ1) is 8.67. The fourth-order valence-corrected chi connectivity index (χ4v) is 1.88. The van der Waals surface area contributed by atoms with Gasteiger partial charge in [0.05, 0.1) is 0 Å². The Kier molecular flexibility index (Phi) is 6.72. The number of aliphatic hydroxyl groups is 1. The van der Waals surface area contributed by atoms with Gasteiger partial charge in [-0.25, -0.2) is 0 Å². The van der Waals surface area contributed by atoms with Gasteiger partial charge in [0.25, 0.3) is 0 Å². The second kappa shape index (κ2) is 8.08. The summed E-state index contributed by atoms with van der Waals surface area (Å²) in [4.78, 5) is 2.10. The third kappa shape index (κ3) is 5.04. The molecule has 1 rings (SSSR count). The van der Waals surface area contributed by atoms with E-state index < -0.39 is 6.10 Å². The summed E-state index contributed by atoms with van der Waals surface area (Å²) >= 11 is 0. The summed E-state index contributed by atoms with van der Waals surface area (Å²) in [5.41, 5.74) is 6.59. The maximum atomic E-state index is 9.87. The molecule has 102 valence electrons. The molecular formula is C14H24N2O2. The van der Waals surface area contributed by atoms with E-state index in [-0.39, 0.29) is 0 Å². The minimum Gasteiger partial charge on any atom is -0.491 e. The number of aliphatic hydroxyl groups excluding tert-OH is 1. The van der Waals surface area contributed by atoms with Gasteiger partial charge in [0.1, 0.15) is 18.5 Å². The highest BCUT2D eigenvalue weighted by atomic mass is 16.5. The molecule has 0 aliphatic heterocycles. The Labute approximate surface area is 109 Å². The average Bonchev–Trinajstić information content (AvgIpc) is 2.37. The molecule has 0 bridgehead atoms. The first-order valence-electron chi connectivity index (χ1n) is 6.44. The lowest BCUT2D eigenvalue weighted by Gasteiger charge is -2.20. The Morgan fingerprint density at radius 2 is 2.11 bits per heavy atom. The number of ether oxygens (including phenoxy) is 1. The van der Waals surface area contributed by atoms with Crippen molar-refractivity contribution in [2.24, 2.45) is 5.73 Å². The molecule has 0 aliphatic rings. The monoisotopic (exact) mass is 252 g/mol. The molecule has 4 nitrogen and oxygen atoms in total. The van der Waals surface area contributed by atoms with E-state index in [4.69, 9.17) is 10.5 Å². The van der Waals surface area contributed by atoms with E-state index in [1.165, 1.54) is 0 Å². The van der Waals surface area contributed by atoms with Crippen LogP contribution in [0.25, 0.3) is 0 Å². The fourth-order valence-electron chi connectivity index (χ4n) is 1.88. The van der Waals surface area contributed by atoms with E-state index in [1.54, 1.807) is 0 Å². The smallest absolute Gasteiger partial charge is 0.123 e. The summed E-state index contributed by atoms with van der Waals surface area (Å²) < 4.78 is 5.61. The molecule has 1 aromatic rings. The molecule has 0 aliphatic carbocycles. The third-order valence-corrected chi connectivity index (χ3v) is 2.75. The van der Waals surface area contributed by atoms with E-state index in [0.29, 0.717) is 19.7 Å². The van der Waals surface area contributed by atoms with E-state index in [2.05, 4.69) is 11.8 Å². The van der Waals surface area contributed by atoms with Crippen LogP contribution in [0.1, 0.15) is 18.9 Å². The SMILES string of the molecule is CCCN(C)CC(O)COc1ccccc1CN. The molecule has 0 fully saturated rings. The van der Waals surface area contributed by atoms with Crippen molar-refractivity contribution >= 4 is 0 Å². The minimum absolute atomic E-state index is 0.297. The molecule has 0 heterocycles. The maximum absolute atomic E-state index is 9.87. The summed E-state index contributed by atoms with van der Waals surface area (Å²) in [6.07, 6.45) is 0.604. The quantitative estimate of drug-likeness (QED) is 0.730. The van der Waals surface area contributed by atoms with Crippen molar-refractivity contribution < 1.29 is 9.84 Å². The largest absolute Gasteiger partial charge is 0.491 e. The van der Waals surface area contributed by atoms with Crippen molar-refractivity contribution in [3.05, 3.63) is 29.8 Å². The molecule has 3 N–H and O–H groups in total. The number of nitrogens with two attached hydrogens (primary N) is 1. The van der Waals surface area contributed by atoms with E-state index >= 15 is 0 Å². The summed E-state index contributed by atoms with van der Waals surface area (Å²) in [5.74, 6) is 0.761. The topological polar surface area (TPSA) is 58.7 Å². The molecule has 1 aromatic carbocycles. The van der Waals surface area contributed by atoms with Crippen molar-refractivity contribution in [2.75, 3.05) is 26.7 Å². The predicted octanol–water partition coefficient (Wildman–Crippen LogP) is 1.23. The lowest BCUT2D eigenvalue weighted by molar-refractivity contribution is 0.0760. The van der Waals surface area contributed by atoms with Gasteiger partial charge in [-0.15, -0.1) is 0 Å². The molecule has 4 heteroatoms. The van der Waals surface area contributed by atoms with Crippen LogP contribution < -0.4 is 10.5 Å². The summed E-state index contributed by atoms with van der Waals surface area (Å²) in [6.45, 7) is 4.47. The summed E-state index contributed by atoms with van der Waals surface area (Å²) in [5, 5.41) is 9.87. The first-order valence-corrected chi connectivity index (χ1v) is 6.44. The van der Waals surface area contributed by atoms with Crippen molar-refractivity contribution in [3.8, 4) is 5.75 Å². The Bertz CT molecular complexity index is 344. The second-order valence-electron chi connectivity index (χ2n) is 4.54. The highest BCUT2D eigenvalue weighted by Gasteiger charge is 2.09. The van der Waals surface area contributed by atoms with Gasteiger partial charge in [-0.2, -0.15) is 0 Å². The van der Waals surface area contributed by atoms with Crippen molar-refractivity contribution in [1.29, 1.82) is 0 Å². The van der Waals surface area contributed by atoms with Crippen LogP contribution in [-0.4, -0.2) is 42.9 Å². The van der Waals surface area contributed by atoms with Gasteiger partial charge in [-0.1, -0.05) is 25.1 Å². The average molecular weight is 252 g/mol. The third-order valence-electron chi connectivity index (χ3n) is 2.75. The van der Waals surface area contributed by atoms with Crippen LogP contribution >= 0.6 is 0 Å². The molecule has 0 spiro atoms. The van der Waals surface area contributed by atoms with Gasteiger partial charge in [0, 0.05) is 18.7 Å². The van der Waals surface area contributed by atoms with Crippen molar-refractivity contribution in [2.45, 2.75) is 26.0 Å². The molecule has 0 saturated heterocycles. The number of para-hydroxylation sites is 1. The zero-order valence-electron chi connectivity index (χ0n) is 11.3. The van der Waals surface area contributed by atoms with Crippen LogP contribution in [0, 0.1) is 0 Å². The zero-order valence-corrected chi connectivity index (χ0v) is 11.3. The summed E-state index contributed by atoms with van der Waals surface area (Å²) in [6, 6.07) is 7.65. The molecule has 1 atom stereocenters. The standard InChI is InChI=1S/C14H24N2O2/c1-3-8-16(2)10-13(17)11-18-14-7-5-4-6-12(14)9-15/h4-7,13,17H,3,8-11,15H2,1-2H3. The van der Waals surface area contributed by atoms with Gasteiger partial charge in [-0.3, -0.25) is 0 Å². The maximum Gasteiger partial charge on any atom is 0.123 e. The van der Waals surface area contributed by atoms with Crippen LogP contribution in [-0.2, 0) is 6.54 Å². The van der Waals surface area contributed by atoms with Gasteiger partial charge in [-0.05, 0) is 26.1 Å². The van der Waals surface area contributed by atoms with Gasteiger partial charge < -0.3 is 20.5 Å². The molecule has 0 radical (unpaired) electrons. The van der Waals surface area contributed by atoms with E-state index in [1.807, 2.05) is 31.3 Å². The van der Waals surface area contributed by atoms with Crippen LogP contribution in [0.15, 0.2) is 24.3 Å². The Morgan fingerprint density at radius 1 is 1.39 bits per heavy atom. The number of hydrogen-bond donors (Lipinski definition) is 2. The van der Waals surface area contributed by atoms with E-state index in [9.17, 15) is 5.11 Å². The predicted molar refractivity (Wildman–Crippen MR) is 73.6 cm³/mol. The van der Waals surface area contributed by atoms with Crippen molar-refractivity contribution in [1.82, 2.24) is 4.90 Å². The number of rotatable bonds is 8. The second-order valence-corrected chi connectivity index (χ2v) is 4.54. The molecule has 18 heavy (non-hydrogen) atoms. The van der Waals surface area contributed by atoms with Crippen LogP contribution in [0.3, 0.4) is 0 Å². The molecule has 0 amide bonds. The van der Waals surface area contributed by atoms with Gasteiger partial charge in [0.15, 0.2) is 0 Å². The van der Waals surface area contributed by atoms with Gasteiger partial charge >= 0.3 is 0 Å². The summed E-state index contributed by atoms with van der Waals surface area (Å²) in [7, 11) is 2.00. The Hall–Kier alpha value is -1.10. The lowest BCUT2D eigenvalue weighted by atomic mass is 10.2. The normalized spacial score (nSPS) is 12.7. The number of nitrogens with zero attached hydrogens (tertiary/aromatic N) is 1. The molecule has 1 unspecified atom stereocenters. The Morgan fingerprint density at radius 3 is 2.78 bits per heavy atom. The van der Waals surface area contributed by atoms with Gasteiger partial charge in [0.2, 0.25) is 0 Å². The number of likely N-dealkylation sites (N-methyl/N-ethyl adjacent to an activating group) is 1. The molecular weight excluding hydrogens is 228 g/mol. The fraction of sp³-hybridized carbons (Fsp3) is 0.571. The van der Waals surface area contributed by atoms with E-state index in [0.717, 1.165) is 24.3 Å². The Balaban J connectivity index is 2.39. The van der Waals surface area contributed by atoms with Crippen LogP contribution in [0.2, 0.25) is 0 Å². The lowest BCUT2D eigenvalue weighted by Crippen LogP contribution is -2.33. The minimum atomic E-state index is -0.479. The molecule has 0 aromatic heterocycles. The highest BCUT2D eigenvalue weighted by Crippen LogP contribution is 2.17. The highest BCUT2D eigenvalue weighted by molar-refractivity contribution is 5.32. The first kappa shape index (κ1) is 15.0. The van der Waals surface area contributed by atoms with Crippen molar-refractivity contribution in [3.63, 3.8) is 0 Å².